The Morgan fingerprint density at radius 2 is 1.77 bits per heavy atom. The zero-order chi connectivity index (χ0) is 28.5. The van der Waals surface area contributed by atoms with E-state index in [1.807, 2.05) is 77.1 Å². The van der Waals surface area contributed by atoms with Crippen LogP contribution in [0.4, 0.5) is 11.4 Å². The zero-order valence-electron chi connectivity index (χ0n) is 23.5. The van der Waals surface area contributed by atoms with E-state index in [2.05, 4.69) is 10.6 Å². The molecule has 1 atom stereocenters. The molecular formula is C32H35N3O4. The van der Waals surface area contributed by atoms with Gasteiger partial charge in [0.2, 0.25) is 0 Å². The van der Waals surface area contributed by atoms with Gasteiger partial charge in [0.25, 0.3) is 0 Å². The number of carbonyl (C=O) groups excluding carboxylic acids is 1. The quantitative estimate of drug-likeness (QED) is 0.173. The minimum Gasteiger partial charge on any atom is -0.456 e. The molecule has 0 aliphatic carbocycles. The summed E-state index contributed by atoms with van der Waals surface area (Å²) >= 11 is 0. The second-order valence-corrected chi connectivity index (χ2v) is 10.7. The zero-order valence-corrected chi connectivity index (χ0v) is 23.5. The molecule has 0 amide bonds. The first kappa shape index (κ1) is 27.6. The minimum absolute atomic E-state index is 0.105. The summed E-state index contributed by atoms with van der Waals surface area (Å²) in [4.78, 5) is 26.5. The number of esters is 1. The van der Waals surface area contributed by atoms with Gasteiger partial charge in [0.15, 0.2) is 5.43 Å². The van der Waals surface area contributed by atoms with Gasteiger partial charge in [-0.15, -0.1) is 0 Å². The van der Waals surface area contributed by atoms with Crippen molar-refractivity contribution in [2.75, 3.05) is 17.7 Å². The summed E-state index contributed by atoms with van der Waals surface area (Å²) in [6, 6.07) is 16.3. The first-order valence-electron chi connectivity index (χ1n) is 12.9. The third-order valence-corrected chi connectivity index (χ3v) is 6.51. The van der Waals surface area contributed by atoms with Crippen LogP contribution in [0.2, 0.25) is 0 Å². The number of hydrogen-bond acceptors (Lipinski definition) is 7. The Balaban J connectivity index is 1.83. The maximum Gasteiger partial charge on any atom is 0.340 e. The van der Waals surface area contributed by atoms with E-state index in [4.69, 9.17) is 14.6 Å². The number of hydrogen-bond donors (Lipinski definition) is 3. The molecule has 0 radical (unpaired) electrons. The predicted octanol–water partition coefficient (Wildman–Crippen LogP) is 7.24. The van der Waals surface area contributed by atoms with Gasteiger partial charge < -0.3 is 25.2 Å². The van der Waals surface area contributed by atoms with Crippen LogP contribution < -0.4 is 16.1 Å². The Morgan fingerprint density at radius 1 is 1.05 bits per heavy atom. The molecule has 0 saturated carbocycles. The summed E-state index contributed by atoms with van der Waals surface area (Å²) in [5.41, 5.74) is 5.25. The molecule has 3 aromatic carbocycles. The highest BCUT2D eigenvalue weighted by Crippen LogP contribution is 2.34. The Labute approximate surface area is 228 Å². The second-order valence-electron chi connectivity index (χ2n) is 10.7. The van der Waals surface area contributed by atoms with Crippen molar-refractivity contribution in [1.82, 2.24) is 0 Å². The SMILES string of the molecule is CNc1ccc(-c2oc3c(C(C)Nc4ccccc4C(=O)OC(C)(C)C)cc(C)cc3c(=O)c2C)cc1C=N. The summed E-state index contributed by atoms with van der Waals surface area (Å²) in [7, 11) is 1.80. The van der Waals surface area contributed by atoms with Crippen molar-refractivity contribution in [2.24, 2.45) is 0 Å². The molecule has 4 rings (SSSR count). The predicted molar refractivity (Wildman–Crippen MR) is 158 cm³/mol. The number of nitrogens with one attached hydrogen (secondary N) is 3. The Kier molecular flexibility index (Phi) is 7.63. The van der Waals surface area contributed by atoms with Gasteiger partial charge in [0, 0.05) is 46.9 Å². The van der Waals surface area contributed by atoms with Gasteiger partial charge in [0.1, 0.15) is 16.9 Å². The fourth-order valence-corrected chi connectivity index (χ4v) is 4.65. The largest absolute Gasteiger partial charge is 0.456 e. The maximum atomic E-state index is 13.6. The Bertz CT molecular complexity index is 1630. The topological polar surface area (TPSA) is 104 Å². The molecule has 7 nitrogen and oxygen atoms in total. The maximum absolute atomic E-state index is 13.6. The molecule has 0 aliphatic heterocycles. The van der Waals surface area contributed by atoms with Gasteiger partial charge in [-0.05, 0) is 83.5 Å². The molecule has 0 spiro atoms. The smallest absolute Gasteiger partial charge is 0.340 e. The summed E-state index contributed by atoms with van der Waals surface area (Å²) in [5, 5.41) is 14.8. The van der Waals surface area contributed by atoms with E-state index >= 15 is 0 Å². The summed E-state index contributed by atoms with van der Waals surface area (Å²) in [5.74, 6) is 0.0491. The van der Waals surface area contributed by atoms with Crippen molar-refractivity contribution in [3.63, 3.8) is 0 Å². The van der Waals surface area contributed by atoms with Gasteiger partial charge in [-0.2, -0.15) is 0 Å². The standard InChI is InChI=1S/C32H35N3O4/c1-18-14-24(20(3)35-27-11-9-8-10-23(27)31(37)39-32(4,5)6)30-25(15-18)28(36)19(2)29(38-30)21-12-13-26(34-7)22(16-21)17-33/h8-17,20,33-35H,1-7H3. The van der Waals surface area contributed by atoms with E-state index in [-0.39, 0.29) is 11.5 Å². The minimum atomic E-state index is -0.622. The van der Waals surface area contributed by atoms with E-state index in [9.17, 15) is 9.59 Å². The highest BCUT2D eigenvalue weighted by atomic mass is 16.6. The van der Waals surface area contributed by atoms with Crippen molar-refractivity contribution in [1.29, 1.82) is 5.41 Å². The molecule has 202 valence electrons. The van der Waals surface area contributed by atoms with Crippen LogP contribution >= 0.6 is 0 Å². The highest BCUT2D eigenvalue weighted by molar-refractivity contribution is 5.96. The number of benzene rings is 3. The van der Waals surface area contributed by atoms with E-state index in [1.165, 1.54) is 6.21 Å². The Hall–Kier alpha value is -4.39. The first-order valence-corrected chi connectivity index (χ1v) is 12.9. The monoisotopic (exact) mass is 525 g/mol. The number of aryl methyl sites for hydroxylation is 1. The molecule has 0 saturated heterocycles. The van der Waals surface area contributed by atoms with E-state index in [1.54, 1.807) is 26.1 Å². The van der Waals surface area contributed by atoms with Crippen LogP contribution in [-0.2, 0) is 4.74 Å². The van der Waals surface area contributed by atoms with Gasteiger partial charge in [-0.1, -0.05) is 18.2 Å². The summed E-state index contributed by atoms with van der Waals surface area (Å²) < 4.78 is 12.1. The van der Waals surface area contributed by atoms with Crippen LogP contribution in [-0.4, -0.2) is 24.8 Å². The molecule has 7 heteroatoms. The average molecular weight is 526 g/mol. The van der Waals surface area contributed by atoms with Crippen LogP contribution in [0.1, 0.15) is 66.3 Å². The second kappa shape index (κ2) is 10.8. The van der Waals surface area contributed by atoms with Crippen molar-refractivity contribution < 1.29 is 13.9 Å². The average Bonchev–Trinajstić information content (AvgIpc) is 2.89. The fourth-order valence-electron chi connectivity index (χ4n) is 4.65. The lowest BCUT2D eigenvalue weighted by Gasteiger charge is -2.23. The van der Waals surface area contributed by atoms with Crippen molar-refractivity contribution in [3.05, 3.63) is 92.6 Å². The molecule has 1 heterocycles. The summed E-state index contributed by atoms with van der Waals surface area (Å²) in [6.07, 6.45) is 1.27. The molecule has 1 unspecified atom stereocenters. The van der Waals surface area contributed by atoms with E-state index < -0.39 is 11.6 Å². The molecule has 0 fully saturated rings. The third-order valence-electron chi connectivity index (χ3n) is 6.51. The lowest BCUT2D eigenvalue weighted by molar-refractivity contribution is 0.00706. The van der Waals surface area contributed by atoms with Crippen LogP contribution in [0.5, 0.6) is 0 Å². The van der Waals surface area contributed by atoms with Crippen LogP contribution in [0.15, 0.2) is 63.8 Å². The molecule has 1 aromatic heterocycles. The molecule has 4 aromatic rings. The van der Waals surface area contributed by atoms with Gasteiger partial charge in [-0.3, -0.25) is 4.79 Å². The number of rotatable bonds is 7. The normalized spacial score (nSPS) is 12.2. The molecule has 0 aliphatic rings. The number of anilines is 2. The van der Waals surface area contributed by atoms with Crippen LogP contribution in [0, 0.1) is 19.3 Å². The number of ether oxygens (including phenoxy) is 1. The number of para-hydroxylation sites is 1. The number of fused-ring (bicyclic) bond motifs is 1. The van der Waals surface area contributed by atoms with Crippen LogP contribution in [0.3, 0.4) is 0 Å². The fraction of sp³-hybridized carbons (Fsp3) is 0.281. The van der Waals surface area contributed by atoms with Crippen molar-refractivity contribution in [3.8, 4) is 11.3 Å². The van der Waals surface area contributed by atoms with Crippen LogP contribution in [0.25, 0.3) is 22.3 Å². The van der Waals surface area contributed by atoms with Gasteiger partial charge in [0.05, 0.1) is 17.0 Å². The molecule has 3 N–H and O–H groups in total. The van der Waals surface area contributed by atoms with E-state index in [0.29, 0.717) is 44.7 Å². The summed E-state index contributed by atoms with van der Waals surface area (Å²) in [6.45, 7) is 11.2. The third kappa shape index (κ3) is 5.72. The molecule has 0 bridgehead atoms. The lowest BCUT2D eigenvalue weighted by atomic mass is 9.98. The van der Waals surface area contributed by atoms with E-state index in [0.717, 1.165) is 16.8 Å². The Morgan fingerprint density at radius 3 is 2.44 bits per heavy atom. The number of carbonyl (C=O) groups is 1. The molecule has 39 heavy (non-hydrogen) atoms. The van der Waals surface area contributed by atoms with Crippen molar-refractivity contribution >= 4 is 34.5 Å². The van der Waals surface area contributed by atoms with Gasteiger partial charge >= 0.3 is 5.97 Å². The molecular weight excluding hydrogens is 490 g/mol. The van der Waals surface area contributed by atoms with Crippen molar-refractivity contribution in [2.45, 2.75) is 53.2 Å². The first-order chi connectivity index (χ1) is 18.4. The highest BCUT2D eigenvalue weighted by Gasteiger charge is 2.23. The lowest BCUT2D eigenvalue weighted by Crippen LogP contribution is -2.24. The van der Waals surface area contributed by atoms with Gasteiger partial charge in [-0.25, -0.2) is 4.79 Å².